The maximum Gasteiger partial charge on any atom is 0.262 e. The molecule has 1 saturated heterocycles. The maximum atomic E-state index is 12.0. The van der Waals surface area contributed by atoms with E-state index in [2.05, 4.69) is 5.32 Å². The first-order chi connectivity index (χ1) is 10.1. The molecule has 1 N–H and O–H groups in total. The third-order valence-corrected chi connectivity index (χ3v) is 3.83. The second-order valence-electron chi connectivity index (χ2n) is 4.65. The van der Waals surface area contributed by atoms with Crippen LogP contribution in [0.25, 0.3) is 6.08 Å². The first-order valence-electron chi connectivity index (χ1n) is 6.57. The lowest BCUT2D eigenvalue weighted by Crippen LogP contribution is -2.32. The molecule has 0 aromatic heterocycles. The minimum Gasteiger partial charge on any atom is -0.376 e. The van der Waals surface area contributed by atoms with Crippen molar-refractivity contribution in [3.05, 3.63) is 39.4 Å². The molecular weight excluding hydrogens is 311 g/mol. The lowest BCUT2D eigenvalue weighted by atomic mass is 10.1. The Hall–Kier alpha value is -1.54. The minimum atomic E-state index is -0.455. The molecule has 0 spiro atoms. The van der Waals surface area contributed by atoms with Gasteiger partial charge in [-0.3, -0.25) is 4.79 Å². The zero-order valence-corrected chi connectivity index (χ0v) is 12.7. The fraction of sp³-hybridized carbons (Fsp3) is 0.333. The molecule has 110 valence electrons. The number of nitrogens with zero attached hydrogens (tertiary/aromatic N) is 1. The first-order valence-corrected chi connectivity index (χ1v) is 7.33. The molecule has 4 nitrogen and oxygen atoms in total. The van der Waals surface area contributed by atoms with E-state index in [1.807, 2.05) is 6.07 Å². The van der Waals surface area contributed by atoms with Gasteiger partial charge in [0.15, 0.2) is 0 Å². The van der Waals surface area contributed by atoms with Crippen LogP contribution in [0.4, 0.5) is 0 Å². The predicted octanol–water partition coefficient (Wildman–Crippen LogP) is 3.20. The molecule has 1 atom stereocenters. The van der Waals surface area contributed by atoms with Gasteiger partial charge in [-0.05, 0) is 31.1 Å². The molecule has 0 unspecified atom stereocenters. The van der Waals surface area contributed by atoms with Crippen LogP contribution in [0.15, 0.2) is 23.8 Å². The van der Waals surface area contributed by atoms with Gasteiger partial charge in [0.25, 0.3) is 5.91 Å². The SMILES string of the molecule is N#C/C(=C\c1c(Cl)cccc1Cl)C(=O)NC[C@H]1CCCO1. The van der Waals surface area contributed by atoms with Crippen molar-refractivity contribution in [3.63, 3.8) is 0 Å². The van der Waals surface area contributed by atoms with Gasteiger partial charge in [0.2, 0.25) is 0 Å². The Bertz CT molecular complexity index is 582. The Balaban J connectivity index is 2.09. The van der Waals surface area contributed by atoms with E-state index in [4.69, 9.17) is 33.2 Å². The number of benzene rings is 1. The summed E-state index contributed by atoms with van der Waals surface area (Å²) in [7, 11) is 0. The van der Waals surface area contributed by atoms with Gasteiger partial charge in [-0.1, -0.05) is 29.3 Å². The van der Waals surface area contributed by atoms with Crippen molar-refractivity contribution in [1.29, 1.82) is 5.26 Å². The summed E-state index contributed by atoms with van der Waals surface area (Å²) in [6, 6.07) is 6.87. The lowest BCUT2D eigenvalue weighted by molar-refractivity contribution is -0.117. The highest BCUT2D eigenvalue weighted by Gasteiger charge is 2.18. The zero-order valence-electron chi connectivity index (χ0n) is 11.2. The first kappa shape index (κ1) is 15.8. The molecule has 1 aromatic carbocycles. The van der Waals surface area contributed by atoms with Crippen molar-refractivity contribution in [3.8, 4) is 6.07 Å². The summed E-state index contributed by atoms with van der Waals surface area (Å²) in [5.74, 6) is -0.455. The molecule has 1 heterocycles. The summed E-state index contributed by atoms with van der Waals surface area (Å²) < 4.78 is 5.41. The standard InChI is InChI=1S/C15H14Cl2N2O2/c16-13-4-1-5-14(17)12(13)7-10(8-18)15(20)19-9-11-3-2-6-21-11/h1,4-5,7,11H,2-3,6,9H2,(H,19,20)/b10-7+/t11-/m1/s1. The van der Waals surface area contributed by atoms with Crippen LogP contribution in [0.2, 0.25) is 10.0 Å². The molecule has 0 aliphatic carbocycles. The van der Waals surface area contributed by atoms with Crippen molar-refractivity contribution in [2.45, 2.75) is 18.9 Å². The van der Waals surface area contributed by atoms with Crippen LogP contribution in [0.5, 0.6) is 0 Å². The van der Waals surface area contributed by atoms with Crippen LogP contribution >= 0.6 is 23.2 Å². The van der Waals surface area contributed by atoms with E-state index < -0.39 is 5.91 Å². The van der Waals surface area contributed by atoms with Crippen molar-refractivity contribution < 1.29 is 9.53 Å². The topological polar surface area (TPSA) is 62.1 Å². The smallest absolute Gasteiger partial charge is 0.262 e. The summed E-state index contributed by atoms with van der Waals surface area (Å²) in [5.41, 5.74) is 0.424. The average molecular weight is 325 g/mol. The summed E-state index contributed by atoms with van der Waals surface area (Å²) in [5, 5.41) is 12.6. The minimum absolute atomic E-state index is 0.0257. The maximum absolute atomic E-state index is 12.0. The van der Waals surface area contributed by atoms with Gasteiger partial charge in [-0.2, -0.15) is 5.26 Å². The van der Waals surface area contributed by atoms with E-state index in [0.717, 1.165) is 19.4 Å². The van der Waals surface area contributed by atoms with Crippen molar-refractivity contribution >= 4 is 35.2 Å². The van der Waals surface area contributed by atoms with E-state index in [0.29, 0.717) is 22.2 Å². The molecule has 6 heteroatoms. The molecule has 0 saturated carbocycles. The Morgan fingerprint density at radius 1 is 1.48 bits per heavy atom. The van der Waals surface area contributed by atoms with Crippen LogP contribution in [0.3, 0.4) is 0 Å². The lowest BCUT2D eigenvalue weighted by Gasteiger charge is -2.10. The van der Waals surface area contributed by atoms with Crippen LogP contribution in [0, 0.1) is 11.3 Å². The van der Waals surface area contributed by atoms with E-state index in [-0.39, 0.29) is 11.7 Å². The molecular formula is C15H14Cl2N2O2. The number of hydrogen-bond acceptors (Lipinski definition) is 3. The van der Waals surface area contributed by atoms with Gasteiger partial charge in [-0.15, -0.1) is 0 Å². The highest BCUT2D eigenvalue weighted by molar-refractivity contribution is 6.37. The molecule has 0 bridgehead atoms. The molecule has 1 aromatic rings. The number of rotatable bonds is 4. The van der Waals surface area contributed by atoms with Crippen molar-refractivity contribution in [2.75, 3.05) is 13.2 Å². The molecule has 21 heavy (non-hydrogen) atoms. The molecule has 1 amide bonds. The van der Waals surface area contributed by atoms with Crippen LogP contribution < -0.4 is 5.32 Å². The van der Waals surface area contributed by atoms with Crippen molar-refractivity contribution in [2.24, 2.45) is 0 Å². The van der Waals surface area contributed by atoms with Crippen molar-refractivity contribution in [1.82, 2.24) is 5.32 Å². The molecule has 1 aliphatic rings. The second-order valence-corrected chi connectivity index (χ2v) is 5.46. The Labute approximate surface area is 133 Å². The Morgan fingerprint density at radius 2 is 2.19 bits per heavy atom. The third kappa shape index (κ3) is 4.21. The summed E-state index contributed by atoms with van der Waals surface area (Å²) in [6.07, 6.45) is 3.34. The van der Waals surface area contributed by atoms with Gasteiger partial charge >= 0.3 is 0 Å². The normalized spacial score (nSPS) is 18.3. The van der Waals surface area contributed by atoms with Crippen LogP contribution in [0.1, 0.15) is 18.4 Å². The number of nitriles is 1. The Kier molecular flexibility index (Phi) is 5.63. The Morgan fingerprint density at radius 3 is 2.76 bits per heavy atom. The van der Waals surface area contributed by atoms with Gasteiger partial charge in [0.05, 0.1) is 6.10 Å². The monoisotopic (exact) mass is 324 g/mol. The van der Waals surface area contributed by atoms with E-state index in [1.54, 1.807) is 18.2 Å². The summed E-state index contributed by atoms with van der Waals surface area (Å²) in [6.45, 7) is 1.12. The van der Waals surface area contributed by atoms with Crippen LogP contribution in [-0.4, -0.2) is 25.2 Å². The highest BCUT2D eigenvalue weighted by Crippen LogP contribution is 2.26. The zero-order chi connectivity index (χ0) is 15.2. The predicted molar refractivity (Wildman–Crippen MR) is 82.0 cm³/mol. The molecule has 0 radical (unpaired) electrons. The second kappa shape index (κ2) is 7.46. The van der Waals surface area contributed by atoms with Gasteiger partial charge < -0.3 is 10.1 Å². The quantitative estimate of drug-likeness (QED) is 0.683. The fourth-order valence-electron chi connectivity index (χ4n) is 2.05. The molecule has 2 rings (SSSR count). The summed E-state index contributed by atoms with van der Waals surface area (Å²) in [4.78, 5) is 12.0. The van der Waals surface area contributed by atoms with E-state index in [9.17, 15) is 4.79 Å². The molecule has 1 aliphatic heterocycles. The number of carbonyl (C=O) groups excluding carboxylic acids is 1. The fourth-order valence-corrected chi connectivity index (χ4v) is 2.56. The van der Waals surface area contributed by atoms with E-state index in [1.165, 1.54) is 6.08 Å². The van der Waals surface area contributed by atoms with Gasteiger partial charge in [-0.25, -0.2) is 0 Å². The summed E-state index contributed by atoms with van der Waals surface area (Å²) >= 11 is 12.1. The number of halogens is 2. The van der Waals surface area contributed by atoms with E-state index >= 15 is 0 Å². The highest BCUT2D eigenvalue weighted by atomic mass is 35.5. The molecule has 1 fully saturated rings. The number of carbonyl (C=O) groups is 1. The number of ether oxygens (including phenoxy) is 1. The number of nitrogens with one attached hydrogen (secondary N) is 1. The largest absolute Gasteiger partial charge is 0.376 e. The third-order valence-electron chi connectivity index (χ3n) is 3.17. The number of amides is 1. The van der Waals surface area contributed by atoms with Gasteiger partial charge in [0, 0.05) is 28.8 Å². The van der Waals surface area contributed by atoms with Crippen LogP contribution in [-0.2, 0) is 9.53 Å². The number of hydrogen-bond donors (Lipinski definition) is 1. The van der Waals surface area contributed by atoms with Gasteiger partial charge in [0.1, 0.15) is 11.6 Å². The average Bonchev–Trinajstić information content (AvgIpc) is 2.98.